The minimum Gasteiger partial charge on any atom is -0.495 e. The fourth-order valence-electron chi connectivity index (χ4n) is 9.61. The Hall–Kier alpha value is -4.28. The minimum absolute atomic E-state index is 0.0625. The number of aromatic nitrogens is 2. The van der Waals surface area contributed by atoms with Crippen molar-refractivity contribution < 1.29 is 46.8 Å². The Morgan fingerprint density at radius 1 is 1.00 bits per heavy atom. The Kier molecular flexibility index (Phi) is 14.7. The van der Waals surface area contributed by atoms with E-state index in [2.05, 4.69) is 16.0 Å². The second-order valence-electron chi connectivity index (χ2n) is 18.2. The molecule has 2 aliphatic carbocycles. The van der Waals surface area contributed by atoms with Gasteiger partial charge in [0.1, 0.15) is 63.4 Å². The third-order valence-electron chi connectivity index (χ3n) is 13.1. The topological polar surface area (TPSA) is 181 Å². The zero-order valence-corrected chi connectivity index (χ0v) is 40.3. The predicted octanol–water partition coefficient (Wildman–Crippen LogP) is 10.2. The number of alkyl carbamates (subject to hydrolysis) is 1. The summed E-state index contributed by atoms with van der Waals surface area (Å²) in [4.78, 5) is 66.0. The van der Waals surface area contributed by atoms with Gasteiger partial charge in [0, 0.05) is 34.9 Å². The number of fused-ring (bicyclic) bond motifs is 3. The van der Waals surface area contributed by atoms with Gasteiger partial charge in [-0.15, -0.1) is 11.3 Å². The number of ether oxygens (including phenoxy) is 3. The number of nitrogens with zero attached hydrogens (tertiary/aromatic N) is 3. The first-order chi connectivity index (χ1) is 31.6. The Morgan fingerprint density at radius 3 is 2.47 bits per heavy atom. The van der Waals surface area contributed by atoms with Gasteiger partial charge in [0.15, 0.2) is 5.13 Å². The molecule has 4 aromatic rings. The molecule has 4 heterocycles. The highest BCUT2D eigenvalue weighted by molar-refractivity contribution is 7.59. The van der Waals surface area contributed by atoms with E-state index in [0.717, 1.165) is 57.1 Å². The van der Waals surface area contributed by atoms with Crippen LogP contribution in [0.25, 0.3) is 22.3 Å². The van der Waals surface area contributed by atoms with Gasteiger partial charge in [-0.2, -0.15) is 0 Å². The molecule has 356 valence electrons. The average Bonchev–Trinajstić information content (AvgIpc) is 3.69. The number of benzene rings is 2. The lowest BCUT2D eigenvalue weighted by atomic mass is 10.0. The zero-order chi connectivity index (χ0) is 46.9. The lowest BCUT2D eigenvalue weighted by molar-refractivity contribution is -0.140. The molecule has 66 heavy (non-hydrogen) atoms. The molecule has 2 saturated heterocycles. The lowest BCUT2D eigenvalue weighted by Crippen LogP contribution is -2.55. The van der Waals surface area contributed by atoms with Crippen molar-refractivity contribution in [3.05, 3.63) is 63.0 Å². The molecule has 8 rings (SSSR count). The van der Waals surface area contributed by atoms with E-state index in [1.54, 1.807) is 18.2 Å². The van der Waals surface area contributed by atoms with Gasteiger partial charge >= 0.3 is 6.09 Å². The maximum Gasteiger partial charge on any atom is 0.408 e. The van der Waals surface area contributed by atoms with E-state index >= 15 is 8.78 Å². The van der Waals surface area contributed by atoms with Crippen LogP contribution in [-0.2, 0) is 25.1 Å². The van der Waals surface area contributed by atoms with Crippen LogP contribution in [0.15, 0.2) is 35.7 Å². The number of nitrogens with one attached hydrogen (secondary N) is 3. The highest BCUT2D eigenvalue weighted by atomic mass is 35.5. The van der Waals surface area contributed by atoms with Gasteiger partial charge in [-0.25, -0.2) is 23.5 Å². The maximum atomic E-state index is 15.3. The zero-order valence-electron chi connectivity index (χ0n) is 37.0. The van der Waals surface area contributed by atoms with Crippen LogP contribution in [0.1, 0.15) is 103 Å². The van der Waals surface area contributed by atoms with Gasteiger partial charge < -0.3 is 40.0 Å². The number of rotatable bonds is 11. The molecule has 20 heteroatoms. The van der Waals surface area contributed by atoms with Crippen molar-refractivity contribution in [1.82, 2.24) is 25.5 Å². The SMILES string of the molecule is COc1ccc2c(O[C@@H]3C[C@H]4C(=O)N[C@]5(P(=O)(O)Cc6c(F)ccc(Cl)c6F)C[C@H]5CCCCCCC[C@H](NC(=O)OC5CCCC5)C(=O)N4C3)cc(-c3csc(NC(C)C)n3)nc2c1Cl. The van der Waals surface area contributed by atoms with Crippen molar-refractivity contribution in [2.45, 2.75) is 139 Å². The Labute approximate surface area is 396 Å². The number of anilines is 1. The molecule has 0 radical (unpaired) electrons. The molecular formula is C46H55Cl2F2N6O8PS. The second-order valence-corrected chi connectivity index (χ2v) is 22.3. The van der Waals surface area contributed by atoms with E-state index in [0.29, 0.717) is 58.2 Å². The van der Waals surface area contributed by atoms with Gasteiger partial charge in [0.2, 0.25) is 19.2 Å². The Balaban J connectivity index is 1.15. The smallest absolute Gasteiger partial charge is 0.408 e. The summed E-state index contributed by atoms with van der Waals surface area (Å²) in [5, 5.41) is 10.2. The quantitative estimate of drug-likeness (QED) is 0.0829. The van der Waals surface area contributed by atoms with Crippen LogP contribution in [0.3, 0.4) is 0 Å². The van der Waals surface area contributed by atoms with Crippen LogP contribution >= 0.6 is 41.9 Å². The normalized spacial score (nSPS) is 25.0. The number of carbonyl (C=O) groups excluding carboxylic acids is 3. The van der Waals surface area contributed by atoms with Crippen LogP contribution in [0.4, 0.5) is 18.7 Å². The predicted molar refractivity (Wildman–Crippen MR) is 250 cm³/mol. The summed E-state index contributed by atoms with van der Waals surface area (Å²) in [5.41, 5.74) is 0.723. The average molecular weight is 992 g/mol. The number of thiazole rings is 1. The standard InChI is InChI=1S/C46H55Cl2F2N6O8PS/c1-25(2)51-44-53-35(24-66-44)34-20-38(29-15-18-37(62-3)39(48)41(29)52-34)63-28-19-36-42(57)55-46(65(60,61)23-30-32(49)17-16-31(47)40(30)50)21-26(46)11-7-5-4-6-8-14-33(43(58)56(36)22-28)54-45(59)64-27-12-9-10-13-27/h15-18,20,24-28,33,36H,4-14,19,21-23H2,1-3H3,(H,51,53)(H,54,59)(H,55,57)(H,60,61)/t26-,28-,33+,36+,46+/m1/s1. The molecule has 6 atom stereocenters. The molecule has 2 aliphatic heterocycles. The van der Waals surface area contributed by atoms with Crippen molar-refractivity contribution in [3.8, 4) is 22.9 Å². The minimum atomic E-state index is -4.64. The molecule has 2 aromatic heterocycles. The maximum absolute atomic E-state index is 15.3. The molecule has 0 bridgehead atoms. The van der Waals surface area contributed by atoms with Gasteiger partial charge in [-0.05, 0) is 89.0 Å². The van der Waals surface area contributed by atoms with E-state index in [1.165, 1.54) is 23.3 Å². The van der Waals surface area contributed by atoms with E-state index < -0.39 is 83.0 Å². The van der Waals surface area contributed by atoms with Crippen LogP contribution in [0, 0.1) is 17.6 Å². The molecular weight excluding hydrogens is 936 g/mol. The molecule has 14 nitrogen and oxygen atoms in total. The summed E-state index contributed by atoms with van der Waals surface area (Å²) in [6, 6.07) is 4.95. The fraction of sp³-hybridized carbons (Fsp3) is 0.543. The summed E-state index contributed by atoms with van der Waals surface area (Å²) in [7, 11) is -3.14. The van der Waals surface area contributed by atoms with Crippen molar-refractivity contribution in [1.29, 1.82) is 0 Å². The van der Waals surface area contributed by atoms with E-state index in [-0.39, 0.29) is 43.0 Å². The summed E-state index contributed by atoms with van der Waals surface area (Å²) < 4.78 is 63.0. The molecule has 4 aliphatic rings. The lowest BCUT2D eigenvalue weighted by Gasteiger charge is -2.31. The first-order valence-electron chi connectivity index (χ1n) is 22.7. The Morgan fingerprint density at radius 2 is 1.73 bits per heavy atom. The summed E-state index contributed by atoms with van der Waals surface area (Å²) >= 11 is 14.3. The van der Waals surface area contributed by atoms with E-state index in [1.807, 2.05) is 19.2 Å². The van der Waals surface area contributed by atoms with Crippen LogP contribution in [-0.4, -0.2) is 86.9 Å². The monoisotopic (exact) mass is 990 g/mol. The summed E-state index contributed by atoms with van der Waals surface area (Å²) in [5.74, 6) is -3.21. The highest BCUT2D eigenvalue weighted by Crippen LogP contribution is 2.72. The van der Waals surface area contributed by atoms with Gasteiger partial charge in [0.25, 0.3) is 0 Å². The number of methoxy groups -OCH3 is 1. The summed E-state index contributed by atoms with van der Waals surface area (Å²) in [6.45, 7) is 3.90. The fourth-order valence-corrected chi connectivity index (χ4v) is 13.4. The largest absolute Gasteiger partial charge is 0.495 e. The molecule has 2 saturated carbocycles. The van der Waals surface area contributed by atoms with E-state index in [9.17, 15) is 23.8 Å². The Bertz CT molecular complexity index is 2530. The molecule has 4 fully saturated rings. The second kappa shape index (κ2) is 20.1. The number of amides is 3. The highest BCUT2D eigenvalue weighted by Gasteiger charge is 2.66. The third-order valence-corrected chi connectivity index (χ3v) is 17.2. The first-order valence-corrected chi connectivity index (χ1v) is 26.2. The number of carbonyl (C=O) groups is 3. The van der Waals surface area contributed by atoms with Gasteiger partial charge in [0.05, 0.1) is 36.0 Å². The molecule has 4 N–H and O–H groups in total. The third kappa shape index (κ3) is 10.3. The van der Waals surface area contributed by atoms with Crippen LogP contribution in [0.5, 0.6) is 11.5 Å². The molecule has 3 amide bonds. The van der Waals surface area contributed by atoms with Crippen LogP contribution < -0.4 is 25.4 Å². The number of hydrogen-bond acceptors (Lipinski definition) is 11. The number of hydrogen-bond donors (Lipinski definition) is 4. The number of halogens is 4. The van der Waals surface area contributed by atoms with Crippen molar-refractivity contribution in [2.24, 2.45) is 5.92 Å². The molecule has 2 aromatic carbocycles. The van der Waals surface area contributed by atoms with Crippen LogP contribution in [0.2, 0.25) is 10.0 Å². The molecule has 0 spiro atoms. The number of pyridine rings is 1. The van der Waals surface area contributed by atoms with Gasteiger partial charge in [-0.1, -0.05) is 55.3 Å². The summed E-state index contributed by atoms with van der Waals surface area (Å²) in [6.07, 6.45) is 5.02. The first kappa shape index (κ1) is 48.2. The van der Waals surface area contributed by atoms with Crippen molar-refractivity contribution >= 4 is 75.8 Å². The van der Waals surface area contributed by atoms with Crippen molar-refractivity contribution in [3.63, 3.8) is 0 Å². The van der Waals surface area contributed by atoms with Crippen molar-refractivity contribution in [2.75, 3.05) is 19.0 Å². The van der Waals surface area contributed by atoms with Gasteiger partial charge in [-0.3, -0.25) is 14.2 Å². The van der Waals surface area contributed by atoms with E-state index in [4.69, 9.17) is 47.4 Å². The molecule has 1 unspecified atom stereocenters.